The summed E-state index contributed by atoms with van der Waals surface area (Å²) in [5.41, 5.74) is 5.86. The summed E-state index contributed by atoms with van der Waals surface area (Å²) in [5.74, 6) is 0.0811. The lowest BCUT2D eigenvalue weighted by Crippen LogP contribution is -2.54. The third-order valence-electron chi connectivity index (χ3n) is 3.62. The fourth-order valence-electron chi connectivity index (χ4n) is 2.34. The topological polar surface area (TPSA) is 61.6 Å². The van der Waals surface area contributed by atoms with Gasteiger partial charge in [0.05, 0.1) is 0 Å². The molecule has 1 aliphatic rings. The zero-order valence-electron chi connectivity index (χ0n) is 12.0. The molecule has 0 aromatic carbocycles. The van der Waals surface area contributed by atoms with E-state index in [0.717, 1.165) is 39.0 Å². The molecule has 0 aromatic heterocycles. The van der Waals surface area contributed by atoms with E-state index in [1.165, 1.54) is 0 Å². The van der Waals surface area contributed by atoms with Crippen molar-refractivity contribution in [2.24, 2.45) is 5.73 Å². The molecule has 5 heteroatoms. The molecule has 1 rings (SSSR count). The van der Waals surface area contributed by atoms with Crippen molar-refractivity contribution in [1.82, 2.24) is 15.1 Å². The molecule has 2 unspecified atom stereocenters. The molecule has 0 aliphatic carbocycles. The maximum atomic E-state index is 11.7. The smallest absolute Gasteiger partial charge is 0.221 e. The van der Waals surface area contributed by atoms with Crippen LogP contribution < -0.4 is 11.1 Å². The summed E-state index contributed by atoms with van der Waals surface area (Å²) in [4.78, 5) is 16.4. The fraction of sp³-hybridized carbons (Fsp3) is 0.923. The van der Waals surface area contributed by atoms with Gasteiger partial charge in [-0.15, -0.1) is 0 Å². The molecule has 18 heavy (non-hydrogen) atoms. The summed E-state index contributed by atoms with van der Waals surface area (Å²) in [6.07, 6.45) is 2.39. The first kappa shape index (κ1) is 15.4. The number of carbonyl (C=O) groups is 1. The van der Waals surface area contributed by atoms with Crippen LogP contribution in [0.2, 0.25) is 0 Å². The summed E-state index contributed by atoms with van der Waals surface area (Å²) in [6, 6.07) is 0.414. The standard InChI is InChI=1S/C13H28N4O/c1-4-5-11(14)8-13(18)15-9-12-10-16(2)6-7-17(12)3/h11-12H,4-10,14H2,1-3H3,(H,15,18). The minimum atomic E-state index is 0.00163. The Morgan fingerprint density at radius 3 is 2.83 bits per heavy atom. The highest BCUT2D eigenvalue weighted by Crippen LogP contribution is 2.05. The Morgan fingerprint density at radius 2 is 2.17 bits per heavy atom. The largest absolute Gasteiger partial charge is 0.354 e. The van der Waals surface area contributed by atoms with Crippen molar-refractivity contribution >= 4 is 5.91 Å². The van der Waals surface area contributed by atoms with Crippen molar-refractivity contribution < 1.29 is 4.79 Å². The van der Waals surface area contributed by atoms with Gasteiger partial charge >= 0.3 is 0 Å². The lowest BCUT2D eigenvalue weighted by Gasteiger charge is -2.37. The molecule has 1 saturated heterocycles. The number of rotatable bonds is 6. The molecule has 1 aliphatic heterocycles. The van der Waals surface area contributed by atoms with Crippen molar-refractivity contribution in [2.75, 3.05) is 40.3 Å². The number of nitrogens with zero attached hydrogens (tertiary/aromatic N) is 2. The van der Waals surface area contributed by atoms with Crippen LogP contribution >= 0.6 is 0 Å². The Kier molecular flexibility index (Phi) is 6.60. The second-order valence-electron chi connectivity index (χ2n) is 5.45. The van der Waals surface area contributed by atoms with Gasteiger partial charge in [-0.1, -0.05) is 13.3 Å². The van der Waals surface area contributed by atoms with E-state index in [4.69, 9.17) is 5.73 Å². The molecule has 5 nitrogen and oxygen atoms in total. The second-order valence-corrected chi connectivity index (χ2v) is 5.45. The molecule has 0 bridgehead atoms. The van der Waals surface area contributed by atoms with E-state index in [2.05, 4.69) is 36.1 Å². The van der Waals surface area contributed by atoms with Gasteiger partial charge in [0.1, 0.15) is 0 Å². The second kappa shape index (κ2) is 7.71. The average Bonchev–Trinajstić information content (AvgIpc) is 2.30. The zero-order chi connectivity index (χ0) is 13.5. The number of nitrogens with two attached hydrogens (primary N) is 1. The number of hydrogen-bond acceptors (Lipinski definition) is 4. The first-order chi connectivity index (χ1) is 8.52. The number of likely N-dealkylation sites (N-methyl/N-ethyl adjacent to an activating group) is 2. The van der Waals surface area contributed by atoms with Crippen LogP contribution in [-0.2, 0) is 4.79 Å². The van der Waals surface area contributed by atoms with Crippen molar-refractivity contribution in [3.63, 3.8) is 0 Å². The predicted octanol–water partition coefficient (Wildman–Crippen LogP) is -0.134. The maximum absolute atomic E-state index is 11.7. The molecule has 106 valence electrons. The minimum absolute atomic E-state index is 0.00163. The van der Waals surface area contributed by atoms with Crippen LogP contribution in [0.3, 0.4) is 0 Å². The van der Waals surface area contributed by atoms with Crippen LogP contribution in [0.15, 0.2) is 0 Å². The van der Waals surface area contributed by atoms with Gasteiger partial charge in [0.2, 0.25) is 5.91 Å². The van der Waals surface area contributed by atoms with Crippen molar-refractivity contribution in [2.45, 2.75) is 38.3 Å². The van der Waals surface area contributed by atoms with Crippen LogP contribution in [0.1, 0.15) is 26.2 Å². The van der Waals surface area contributed by atoms with E-state index in [1.807, 2.05) is 0 Å². The van der Waals surface area contributed by atoms with Gasteiger partial charge in [0.25, 0.3) is 0 Å². The highest BCUT2D eigenvalue weighted by Gasteiger charge is 2.22. The lowest BCUT2D eigenvalue weighted by atomic mass is 10.1. The monoisotopic (exact) mass is 256 g/mol. The van der Waals surface area contributed by atoms with Gasteiger partial charge in [-0.05, 0) is 20.5 Å². The van der Waals surface area contributed by atoms with E-state index in [9.17, 15) is 4.79 Å². The van der Waals surface area contributed by atoms with Gasteiger partial charge in [0.15, 0.2) is 0 Å². The Morgan fingerprint density at radius 1 is 1.44 bits per heavy atom. The summed E-state index contributed by atoms with van der Waals surface area (Å²) < 4.78 is 0. The van der Waals surface area contributed by atoms with E-state index in [-0.39, 0.29) is 11.9 Å². The molecule has 1 fully saturated rings. The third kappa shape index (κ3) is 5.33. The molecular formula is C13H28N4O. The lowest BCUT2D eigenvalue weighted by molar-refractivity contribution is -0.121. The predicted molar refractivity (Wildman–Crippen MR) is 74.4 cm³/mol. The van der Waals surface area contributed by atoms with Crippen LogP contribution in [0, 0.1) is 0 Å². The number of nitrogens with one attached hydrogen (secondary N) is 1. The summed E-state index contributed by atoms with van der Waals surface area (Å²) >= 11 is 0. The Balaban J connectivity index is 2.24. The Hall–Kier alpha value is -0.650. The fourth-order valence-corrected chi connectivity index (χ4v) is 2.34. The normalized spacial score (nSPS) is 23.9. The Labute approximate surface area is 111 Å². The SMILES string of the molecule is CCCC(N)CC(=O)NCC1CN(C)CCN1C. The zero-order valence-corrected chi connectivity index (χ0v) is 12.0. The highest BCUT2D eigenvalue weighted by molar-refractivity contribution is 5.76. The van der Waals surface area contributed by atoms with Gasteiger partial charge in [0, 0.05) is 44.7 Å². The van der Waals surface area contributed by atoms with Crippen molar-refractivity contribution in [3.05, 3.63) is 0 Å². The summed E-state index contributed by atoms with van der Waals surface area (Å²) in [5, 5.41) is 3.01. The van der Waals surface area contributed by atoms with E-state index < -0.39 is 0 Å². The van der Waals surface area contributed by atoms with Gasteiger partial charge in [-0.2, -0.15) is 0 Å². The van der Waals surface area contributed by atoms with Crippen LogP contribution in [0.25, 0.3) is 0 Å². The van der Waals surface area contributed by atoms with Gasteiger partial charge < -0.3 is 16.0 Å². The molecule has 0 spiro atoms. The van der Waals surface area contributed by atoms with E-state index in [1.54, 1.807) is 0 Å². The number of amides is 1. The van der Waals surface area contributed by atoms with Gasteiger partial charge in [-0.25, -0.2) is 0 Å². The molecule has 1 heterocycles. The third-order valence-corrected chi connectivity index (χ3v) is 3.62. The molecule has 0 aromatic rings. The van der Waals surface area contributed by atoms with Crippen molar-refractivity contribution in [3.8, 4) is 0 Å². The van der Waals surface area contributed by atoms with Gasteiger partial charge in [-0.3, -0.25) is 9.69 Å². The summed E-state index contributed by atoms with van der Waals surface area (Å²) in [6.45, 7) is 5.98. The van der Waals surface area contributed by atoms with Crippen LogP contribution in [0.5, 0.6) is 0 Å². The number of carbonyl (C=O) groups excluding carboxylic acids is 1. The van der Waals surface area contributed by atoms with Crippen LogP contribution in [0.4, 0.5) is 0 Å². The first-order valence-corrected chi connectivity index (χ1v) is 6.94. The average molecular weight is 256 g/mol. The Bertz CT molecular complexity index is 259. The number of piperazine rings is 1. The number of hydrogen-bond donors (Lipinski definition) is 2. The van der Waals surface area contributed by atoms with E-state index >= 15 is 0 Å². The quantitative estimate of drug-likeness (QED) is 0.695. The highest BCUT2D eigenvalue weighted by atomic mass is 16.1. The first-order valence-electron chi connectivity index (χ1n) is 6.94. The van der Waals surface area contributed by atoms with E-state index in [0.29, 0.717) is 12.5 Å². The van der Waals surface area contributed by atoms with Crippen LogP contribution in [-0.4, -0.2) is 68.1 Å². The molecule has 0 saturated carbocycles. The molecule has 2 atom stereocenters. The molecule has 0 radical (unpaired) electrons. The molecule has 3 N–H and O–H groups in total. The molecule has 1 amide bonds. The minimum Gasteiger partial charge on any atom is -0.354 e. The summed E-state index contributed by atoms with van der Waals surface area (Å²) in [7, 11) is 4.24. The molecular weight excluding hydrogens is 228 g/mol. The van der Waals surface area contributed by atoms with Crippen molar-refractivity contribution in [1.29, 1.82) is 0 Å². The maximum Gasteiger partial charge on any atom is 0.221 e.